The molecule has 250 valence electrons. The average Bonchev–Trinajstić information content (AvgIpc) is 3.09. The summed E-state index contributed by atoms with van der Waals surface area (Å²) in [6.45, 7) is 0. The van der Waals surface area contributed by atoms with Crippen LogP contribution in [0.25, 0.3) is 0 Å². The van der Waals surface area contributed by atoms with Gasteiger partial charge in [0, 0.05) is 9.50 Å². The van der Waals surface area contributed by atoms with Gasteiger partial charge in [-0.3, -0.25) is 10.4 Å². The van der Waals surface area contributed by atoms with Crippen LogP contribution in [0.1, 0.15) is 64.2 Å². The molecule has 0 saturated heterocycles. The van der Waals surface area contributed by atoms with Crippen molar-refractivity contribution >= 4 is 62.7 Å². The highest BCUT2D eigenvalue weighted by atomic mass is 79.9. The van der Waals surface area contributed by atoms with E-state index in [9.17, 15) is 10.4 Å². The number of rotatable bonds is 8. The first-order chi connectivity index (χ1) is 22.7. The number of hydrogen-bond donors (Lipinski definition) is 4. The molecule has 0 atom stereocenters. The van der Waals surface area contributed by atoms with Crippen LogP contribution in [0.5, 0.6) is 23.0 Å². The number of benzene rings is 2. The van der Waals surface area contributed by atoms with Gasteiger partial charge >= 0.3 is 0 Å². The Morgan fingerprint density at radius 2 is 1.17 bits per heavy atom. The largest absolute Gasteiger partial charge is 0.452 e. The maximum atomic E-state index is 10.6. The van der Waals surface area contributed by atoms with E-state index < -0.39 is 0 Å². The Hall–Kier alpha value is -3.62. The molecule has 2 aromatic heterocycles. The first-order valence-corrected chi connectivity index (χ1v) is 17.0. The van der Waals surface area contributed by atoms with Crippen LogP contribution in [0.4, 0.5) is 23.5 Å². The van der Waals surface area contributed by atoms with E-state index in [4.69, 9.17) is 44.1 Å². The number of anilines is 4. The summed E-state index contributed by atoms with van der Waals surface area (Å²) in [6, 6.07) is 12.3. The molecule has 2 fully saturated rings. The van der Waals surface area contributed by atoms with E-state index in [0.717, 1.165) is 60.9 Å². The van der Waals surface area contributed by atoms with Gasteiger partial charge in [0.1, 0.15) is 11.5 Å². The van der Waals surface area contributed by atoms with Crippen LogP contribution in [-0.2, 0) is 0 Å². The minimum absolute atomic E-state index is 0.0175. The van der Waals surface area contributed by atoms with Gasteiger partial charge in [-0.2, -0.15) is 9.97 Å². The first-order valence-electron chi connectivity index (χ1n) is 15.5. The standard InChI is InChI=1S/C16H19BrN4O2.C16H18Cl2N4O2/c17-11-6-8-13(9-7-11)23-14-10-19-16(18)20-15(14)21(22)12-4-2-1-3-5-12;17-10-6-7-13(12(18)8-10)24-14-9-20-16(19)21-15(14)22(23)11-4-2-1-3-5-11/h6-10,12,22H,1-5H2,(H2,18,19,20);6-9,11,23H,1-5H2,(H2,19,20,21). The summed E-state index contributed by atoms with van der Waals surface area (Å²) in [6.07, 6.45) is 13.3. The molecule has 0 bridgehead atoms. The van der Waals surface area contributed by atoms with Crippen molar-refractivity contribution in [2.45, 2.75) is 76.3 Å². The molecule has 0 spiro atoms. The normalized spacial score (nSPS) is 15.3. The van der Waals surface area contributed by atoms with Crippen LogP contribution in [0.3, 0.4) is 0 Å². The van der Waals surface area contributed by atoms with Crippen molar-refractivity contribution in [3.05, 3.63) is 69.4 Å². The quantitative estimate of drug-likeness (QED) is 0.127. The van der Waals surface area contributed by atoms with Gasteiger partial charge in [-0.15, -0.1) is 0 Å². The molecular formula is C32H37BrCl2N8O4. The molecule has 0 unspecified atom stereocenters. The maximum absolute atomic E-state index is 10.6. The molecule has 15 heteroatoms. The van der Waals surface area contributed by atoms with Crippen LogP contribution in [0, 0.1) is 0 Å². The van der Waals surface area contributed by atoms with E-state index in [0.29, 0.717) is 33.1 Å². The Kier molecular flexibility index (Phi) is 12.2. The monoisotopic (exact) mass is 746 g/mol. The Morgan fingerprint density at radius 3 is 1.66 bits per heavy atom. The zero-order chi connectivity index (χ0) is 33.3. The number of nitrogens with two attached hydrogens (primary N) is 2. The molecule has 4 aromatic rings. The summed E-state index contributed by atoms with van der Waals surface area (Å²) < 4.78 is 12.6. The molecule has 6 rings (SSSR count). The number of nitrogen functional groups attached to an aromatic ring is 2. The highest BCUT2D eigenvalue weighted by Crippen LogP contribution is 2.37. The highest BCUT2D eigenvalue weighted by molar-refractivity contribution is 9.10. The van der Waals surface area contributed by atoms with E-state index in [-0.39, 0.29) is 35.5 Å². The van der Waals surface area contributed by atoms with E-state index >= 15 is 0 Å². The molecule has 0 aliphatic heterocycles. The number of halogens is 3. The SMILES string of the molecule is Nc1ncc(Oc2ccc(Br)cc2)c(N(O)C2CCCCC2)n1.Nc1ncc(Oc2ccc(Cl)cc2Cl)c(N(O)C2CCCCC2)n1. The minimum Gasteiger partial charge on any atom is -0.452 e. The van der Waals surface area contributed by atoms with Gasteiger partial charge in [0.25, 0.3) is 0 Å². The van der Waals surface area contributed by atoms with Crippen molar-refractivity contribution in [2.24, 2.45) is 0 Å². The molecule has 6 N–H and O–H groups in total. The summed E-state index contributed by atoms with van der Waals surface area (Å²) in [7, 11) is 0. The van der Waals surface area contributed by atoms with Gasteiger partial charge in [-0.05, 0) is 68.1 Å². The third-order valence-electron chi connectivity index (χ3n) is 7.94. The van der Waals surface area contributed by atoms with Gasteiger partial charge in [0.05, 0.1) is 29.5 Å². The van der Waals surface area contributed by atoms with Crippen LogP contribution in [0.2, 0.25) is 10.0 Å². The third kappa shape index (κ3) is 9.48. The lowest BCUT2D eigenvalue weighted by Crippen LogP contribution is -2.35. The van der Waals surface area contributed by atoms with Crippen molar-refractivity contribution in [2.75, 3.05) is 21.6 Å². The zero-order valence-electron chi connectivity index (χ0n) is 25.6. The molecule has 2 aromatic carbocycles. The molecular weight excluding hydrogens is 711 g/mol. The Bertz CT molecular complexity index is 1630. The second kappa shape index (κ2) is 16.5. The molecule has 2 aliphatic rings. The van der Waals surface area contributed by atoms with E-state index in [2.05, 4.69) is 35.9 Å². The fraction of sp³-hybridized carbons (Fsp3) is 0.375. The Labute approximate surface area is 291 Å². The van der Waals surface area contributed by atoms with Crippen LogP contribution >= 0.6 is 39.1 Å². The van der Waals surface area contributed by atoms with Crippen molar-refractivity contribution in [3.8, 4) is 23.0 Å². The molecule has 2 aliphatic carbocycles. The molecule has 0 amide bonds. The summed E-state index contributed by atoms with van der Waals surface area (Å²) in [5, 5.41) is 24.3. The Morgan fingerprint density at radius 1 is 0.681 bits per heavy atom. The predicted octanol–water partition coefficient (Wildman–Crippen LogP) is 8.83. The highest BCUT2D eigenvalue weighted by Gasteiger charge is 2.26. The second-order valence-electron chi connectivity index (χ2n) is 11.3. The van der Waals surface area contributed by atoms with Crippen LogP contribution < -0.4 is 31.1 Å². The van der Waals surface area contributed by atoms with Gasteiger partial charge in [0.2, 0.25) is 23.5 Å². The second-order valence-corrected chi connectivity index (χ2v) is 13.1. The summed E-state index contributed by atoms with van der Waals surface area (Å²) in [5.41, 5.74) is 11.4. The van der Waals surface area contributed by atoms with E-state index in [1.54, 1.807) is 18.2 Å². The fourth-order valence-electron chi connectivity index (χ4n) is 5.53. The molecule has 2 saturated carbocycles. The van der Waals surface area contributed by atoms with E-state index in [1.165, 1.54) is 30.3 Å². The van der Waals surface area contributed by atoms with Crippen molar-refractivity contribution in [1.82, 2.24) is 19.9 Å². The lowest BCUT2D eigenvalue weighted by molar-refractivity contribution is 0.185. The van der Waals surface area contributed by atoms with Crippen molar-refractivity contribution in [3.63, 3.8) is 0 Å². The summed E-state index contributed by atoms with van der Waals surface area (Å²) in [4.78, 5) is 16.2. The zero-order valence-corrected chi connectivity index (χ0v) is 28.7. The third-order valence-corrected chi connectivity index (χ3v) is 9.00. The van der Waals surface area contributed by atoms with E-state index in [1.807, 2.05) is 24.3 Å². The van der Waals surface area contributed by atoms with Crippen LogP contribution in [-0.4, -0.2) is 42.4 Å². The smallest absolute Gasteiger partial charge is 0.222 e. The molecule has 0 radical (unpaired) electrons. The number of hydrogen-bond acceptors (Lipinski definition) is 12. The van der Waals surface area contributed by atoms with Crippen molar-refractivity contribution in [1.29, 1.82) is 0 Å². The van der Waals surface area contributed by atoms with Gasteiger partial charge < -0.3 is 20.9 Å². The lowest BCUT2D eigenvalue weighted by atomic mass is 9.95. The number of nitrogens with zero attached hydrogens (tertiary/aromatic N) is 6. The first kappa shape index (κ1) is 34.7. The average molecular weight is 749 g/mol. The maximum Gasteiger partial charge on any atom is 0.222 e. The topological polar surface area (TPSA) is 169 Å². The fourth-order valence-corrected chi connectivity index (χ4v) is 6.24. The lowest BCUT2D eigenvalue weighted by Gasteiger charge is -2.30. The van der Waals surface area contributed by atoms with Gasteiger partial charge in [-0.1, -0.05) is 77.7 Å². The van der Waals surface area contributed by atoms with Gasteiger partial charge in [0.15, 0.2) is 11.5 Å². The molecule has 12 nitrogen and oxygen atoms in total. The predicted molar refractivity (Wildman–Crippen MR) is 186 cm³/mol. The number of ether oxygens (including phenoxy) is 2. The Balaban J connectivity index is 0.000000185. The number of aromatic nitrogens is 4. The summed E-state index contributed by atoms with van der Waals surface area (Å²) >= 11 is 15.4. The van der Waals surface area contributed by atoms with Crippen LogP contribution in [0.15, 0.2) is 59.3 Å². The molecule has 2 heterocycles. The minimum atomic E-state index is -0.0175. The van der Waals surface area contributed by atoms with Gasteiger partial charge in [-0.25, -0.2) is 20.1 Å². The number of hydroxylamine groups is 2. The van der Waals surface area contributed by atoms with Crippen molar-refractivity contribution < 1.29 is 19.9 Å². The molecule has 47 heavy (non-hydrogen) atoms. The summed E-state index contributed by atoms with van der Waals surface area (Å²) in [5.74, 6) is 2.42.